The van der Waals surface area contributed by atoms with Gasteiger partial charge in [-0.05, 0) is 0 Å². The Hall–Kier alpha value is -0.170. The monoisotopic (exact) mass is 79.0 g/mol. The van der Waals surface area contributed by atoms with Crippen molar-refractivity contribution >= 4 is 0 Å². The molecule has 0 aromatic carbocycles. The summed E-state index contributed by atoms with van der Waals surface area (Å²) in [5, 5.41) is 7.33. The lowest BCUT2D eigenvalue weighted by atomic mass is 11.2. The molecule has 0 fully saturated rings. The third-order valence-corrected chi connectivity index (χ3v) is 0. The first-order chi connectivity index (χ1) is 1.41. The van der Waals surface area contributed by atoms with E-state index in [1.807, 2.05) is 0 Å². The van der Waals surface area contributed by atoms with Crippen LogP contribution in [0.15, 0.2) is 12.8 Å². The highest BCUT2D eigenvalue weighted by Crippen LogP contribution is 1.26. The van der Waals surface area contributed by atoms with Crippen LogP contribution >= 0.6 is 0 Å². The number of halogens is 1. The van der Waals surface area contributed by atoms with Crippen molar-refractivity contribution in [2.24, 2.45) is 0 Å². The van der Waals surface area contributed by atoms with E-state index in [1.165, 1.54) is 0 Å². The fourth-order valence-electron chi connectivity index (χ4n) is 0. The lowest BCUT2D eigenvalue weighted by Crippen LogP contribution is -3.00. The van der Waals surface area contributed by atoms with E-state index in [1.54, 1.807) is 0 Å². The molecule has 0 aliphatic heterocycles. The van der Waals surface area contributed by atoms with E-state index in [0.717, 1.165) is 6.26 Å². The Labute approximate surface area is 31.4 Å². The molecule has 1 nitrogen and oxygen atoms in total. The van der Waals surface area contributed by atoms with E-state index in [4.69, 9.17) is 5.11 Å². The van der Waals surface area contributed by atoms with Gasteiger partial charge in [-0.25, -0.2) is 0 Å². The van der Waals surface area contributed by atoms with Gasteiger partial charge in [-0.3, -0.25) is 0 Å². The van der Waals surface area contributed by atoms with Crippen molar-refractivity contribution in [3.05, 3.63) is 12.8 Å². The zero-order chi connectivity index (χ0) is 2.71. The largest absolute Gasteiger partial charge is 1.00 e. The molecule has 0 unspecified atom stereocenters. The SMILES string of the molecule is C=CO.[Cl-]. The summed E-state index contributed by atoms with van der Waals surface area (Å²) in [6, 6.07) is 0. The average molecular weight is 79.5 g/mol. The van der Waals surface area contributed by atoms with Gasteiger partial charge in [0, 0.05) is 0 Å². The molecule has 0 aliphatic carbocycles. The van der Waals surface area contributed by atoms with Crippen molar-refractivity contribution in [2.45, 2.75) is 0 Å². The highest BCUT2D eigenvalue weighted by Gasteiger charge is 1.11. The summed E-state index contributed by atoms with van der Waals surface area (Å²) in [5.41, 5.74) is 0. The van der Waals surface area contributed by atoms with Gasteiger partial charge < -0.3 is 17.5 Å². The van der Waals surface area contributed by atoms with E-state index < -0.39 is 0 Å². The summed E-state index contributed by atoms with van der Waals surface area (Å²) in [6.07, 6.45) is 0.750. The molecular formula is C2H4ClO-. The van der Waals surface area contributed by atoms with E-state index in [9.17, 15) is 0 Å². The lowest BCUT2D eigenvalue weighted by Gasteiger charge is -1.41. The highest BCUT2D eigenvalue weighted by atomic mass is 35.5. The Kier molecular flexibility index (Phi) is 31.5. The first-order valence-electron chi connectivity index (χ1n) is 0.666. The van der Waals surface area contributed by atoms with Crippen LogP contribution in [0.2, 0.25) is 0 Å². The second kappa shape index (κ2) is 13.8. The molecule has 0 atom stereocenters. The maximum absolute atomic E-state index is 7.33. The third kappa shape index (κ3) is 43.6. The fourth-order valence-corrected chi connectivity index (χ4v) is 0. The minimum absolute atomic E-state index is 0. The number of rotatable bonds is 0. The number of hydrogen-bond acceptors (Lipinski definition) is 1. The first-order valence-corrected chi connectivity index (χ1v) is 0.666. The molecule has 0 spiro atoms. The van der Waals surface area contributed by atoms with Crippen LogP contribution in [0.4, 0.5) is 0 Å². The molecule has 0 aromatic heterocycles. The van der Waals surface area contributed by atoms with E-state index in [-0.39, 0.29) is 12.4 Å². The second-order valence-corrected chi connectivity index (χ2v) is 0.183. The molecule has 4 heavy (non-hydrogen) atoms. The van der Waals surface area contributed by atoms with Crippen LogP contribution in [0.5, 0.6) is 0 Å². The minimum atomic E-state index is 0. The fraction of sp³-hybridized carbons (Fsp3) is 0. The Balaban J connectivity index is 0. The van der Waals surface area contributed by atoms with E-state index in [2.05, 4.69) is 6.58 Å². The Morgan fingerprint density at radius 2 is 1.75 bits per heavy atom. The number of aliphatic hydroxyl groups is 1. The summed E-state index contributed by atoms with van der Waals surface area (Å²) in [7, 11) is 0. The van der Waals surface area contributed by atoms with Crippen LogP contribution in [0.25, 0.3) is 0 Å². The smallest absolute Gasteiger partial charge is 0.0719 e. The Morgan fingerprint density at radius 1 is 1.75 bits per heavy atom. The van der Waals surface area contributed by atoms with Crippen molar-refractivity contribution in [1.82, 2.24) is 0 Å². The molecule has 0 aliphatic rings. The quantitative estimate of drug-likeness (QED) is 0.324. The van der Waals surface area contributed by atoms with Gasteiger partial charge in [0.05, 0.1) is 6.26 Å². The predicted octanol–water partition coefficient (Wildman–Crippen LogP) is -2.31. The van der Waals surface area contributed by atoms with E-state index >= 15 is 0 Å². The zero-order valence-electron chi connectivity index (χ0n) is 2.11. The molecule has 0 saturated carbocycles. The van der Waals surface area contributed by atoms with Crippen LogP contribution in [0, 0.1) is 0 Å². The number of aliphatic hydroxyl groups excluding tert-OH is 1. The molecule has 1 N–H and O–H groups in total. The summed E-state index contributed by atoms with van der Waals surface area (Å²) in [6.45, 7) is 2.92. The molecule has 0 saturated heterocycles. The average Bonchev–Trinajstić information content (AvgIpc) is 0.918. The van der Waals surface area contributed by atoms with Gasteiger partial charge in [0.25, 0.3) is 0 Å². The summed E-state index contributed by atoms with van der Waals surface area (Å²) < 4.78 is 0. The molecule has 0 radical (unpaired) electrons. The highest BCUT2D eigenvalue weighted by molar-refractivity contribution is 4.38. The van der Waals surface area contributed by atoms with E-state index in [0.29, 0.717) is 0 Å². The van der Waals surface area contributed by atoms with Crippen molar-refractivity contribution in [3.8, 4) is 0 Å². The van der Waals surface area contributed by atoms with Gasteiger partial charge in [0.15, 0.2) is 0 Å². The Morgan fingerprint density at radius 3 is 1.75 bits per heavy atom. The first kappa shape index (κ1) is 9.16. The van der Waals surface area contributed by atoms with Crippen molar-refractivity contribution < 1.29 is 17.5 Å². The molecule has 0 aromatic rings. The summed E-state index contributed by atoms with van der Waals surface area (Å²) in [5.74, 6) is 0. The molecule has 0 rings (SSSR count). The second-order valence-electron chi connectivity index (χ2n) is 0.183. The molecule has 0 heterocycles. The third-order valence-electron chi connectivity index (χ3n) is 0. The van der Waals surface area contributed by atoms with Gasteiger partial charge >= 0.3 is 0 Å². The molecule has 0 amide bonds. The standard InChI is InChI=1S/C2H4O.ClH/c1-2-3;/h2-3H,1H2;1H/p-1. The van der Waals surface area contributed by atoms with Gasteiger partial charge in [0.2, 0.25) is 0 Å². The summed E-state index contributed by atoms with van der Waals surface area (Å²) in [4.78, 5) is 0. The van der Waals surface area contributed by atoms with Crippen molar-refractivity contribution in [3.63, 3.8) is 0 Å². The van der Waals surface area contributed by atoms with Gasteiger partial charge in [-0.2, -0.15) is 0 Å². The van der Waals surface area contributed by atoms with Gasteiger partial charge in [-0.1, -0.05) is 6.58 Å². The lowest BCUT2D eigenvalue weighted by molar-refractivity contribution is -0.00000158. The van der Waals surface area contributed by atoms with Crippen LogP contribution < -0.4 is 12.4 Å². The zero-order valence-corrected chi connectivity index (χ0v) is 2.87. The molecule has 26 valence electrons. The molecule has 2 heteroatoms. The van der Waals surface area contributed by atoms with Gasteiger partial charge in [0.1, 0.15) is 0 Å². The summed E-state index contributed by atoms with van der Waals surface area (Å²) >= 11 is 0. The maximum Gasteiger partial charge on any atom is 0.0719 e. The van der Waals surface area contributed by atoms with Crippen LogP contribution in [-0.2, 0) is 0 Å². The van der Waals surface area contributed by atoms with Crippen molar-refractivity contribution in [2.75, 3.05) is 0 Å². The maximum atomic E-state index is 7.33. The van der Waals surface area contributed by atoms with Crippen molar-refractivity contribution in [1.29, 1.82) is 0 Å². The number of hydrogen-bond donors (Lipinski definition) is 1. The van der Waals surface area contributed by atoms with Crippen LogP contribution in [0.3, 0.4) is 0 Å². The topological polar surface area (TPSA) is 20.2 Å². The molecule has 0 bridgehead atoms. The van der Waals surface area contributed by atoms with Gasteiger partial charge in [-0.15, -0.1) is 0 Å². The van der Waals surface area contributed by atoms with Crippen LogP contribution in [-0.4, -0.2) is 5.11 Å². The van der Waals surface area contributed by atoms with Crippen LogP contribution in [0.1, 0.15) is 0 Å². The molecular weight excluding hydrogens is 75.5 g/mol. The normalized spacial score (nSPS) is 3.00. The minimum Gasteiger partial charge on any atom is -1.00 e. The predicted molar refractivity (Wildman–Crippen MR) is 12.8 cm³/mol. The Bertz CT molecular complexity index is 13.5.